The minimum atomic E-state index is 0. The van der Waals surface area contributed by atoms with Gasteiger partial charge in [0.25, 0.3) is 0 Å². The first-order valence-corrected chi connectivity index (χ1v) is 8.25. The van der Waals surface area contributed by atoms with E-state index in [2.05, 4.69) is 31.3 Å². The SMILES string of the molecule is COc1ccc(CNc2nc3c(C)cc(C)cc3s2)cc1OC.Cl. The lowest BCUT2D eigenvalue weighted by Gasteiger charge is -2.09. The molecule has 0 bridgehead atoms. The van der Waals surface area contributed by atoms with E-state index in [9.17, 15) is 0 Å². The molecule has 1 N–H and O–H groups in total. The van der Waals surface area contributed by atoms with Crippen LogP contribution in [-0.2, 0) is 6.54 Å². The third-order valence-electron chi connectivity index (χ3n) is 3.72. The summed E-state index contributed by atoms with van der Waals surface area (Å²) < 4.78 is 11.8. The topological polar surface area (TPSA) is 43.4 Å². The molecule has 0 aliphatic heterocycles. The van der Waals surface area contributed by atoms with Crippen molar-refractivity contribution in [2.45, 2.75) is 20.4 Å². The lowest BCUT2D eigenvalue weighted by molar-refractivity contribution is 0.354. The molecule has 0 saturated carbocycles. The molecule has 3 aromatic rings. The van der Waals surface area contributed by atoms with Crippen molar-refractivity contribution in [2.24, 2.45) is 0 Å². The Hall–Kier alpha value is -1.98. The Labute approximate surface area is 152 Å². The van der Waals surface area contributed by atoms with Crippen LogP contribution in [0.2, 0.25) is 0 Å². The van der Waals surface area contributed by atoms with Gasteiger partial charge in [0, 0.05) is 6.54 Å². The molecule has 6 heteroatoms. The van der Waals surface area contributed by atoms with Crippen LogP contribution in [0.1, 0.15) is 16.7 Å². The van der Waals surface area contributed by atoms with Gasteiger partial charge >= 0.3 is 0 Å². The molecule has 1 heterocycles. The smallest absolute Gasteiger partial charge is 0.184 e. The van der Waals surface area contributed by atoms with Crippen LogP contribution in [0.4, 0.5) is 5.13 Å². The first kappa shape index (κ1) is 18.4. The summed E-state index contributed by atoms with van der Waals surface area (Å²) in [5, 5.41) is 4.33. The fourth-order valence-corrected chi connectivity index (χ4v) is 3.65. The number of hydrogen-bond acceptors (Lipinski definition) is 5. The molecule has 2 aromatic carbocycles. The number of nitrogens with one attached hydrogen (secondary N) is 1. The van der Waals surface area contributed by atoms with Gasteiger partial charge in [0.1, 0.15) is 0 Å². The number of nitrogens with zero attached hydrogens (tertiary/aromatic N) is 1. The van der Waals surface area contributed by atoms with Crippen molar-refractivity contribution in [3.63, 3.8) is 0 Å². The average Bonchev–Trinajstić information content (AvgIpc) is 2.95. The molecule has 0 aliphatic rings. The number of aromatic nitrogens is 1. The molecule has 0 amide bonds. The predicted octanol–water partition coefficient (Wildman–Crippen LogP) is 4.96. The summed E-state index contributed by atoms with van der Waals surface area (Å²) in [6, 6.07) is 10.3. The second kappa shape index (κ2) is 7.73. The van der Waals surface area contributed by atoms with Gasteiger partial charge in [-0.15, -0.1) is 12.4 Å². The van der Waals surface area contributed by atoms with E-state index in [1.165, 1.54) is 15.8 Å². The van der Waals surface area contributed by atoms with Crippen molar-refractivity contribution in [3.8, 4) is 11.5 Å². The zero-order chi connectivity index (χ0) is 16.4. The van der Waals surface area contributed by atoms with Crippen LogP contribution in [0.5, 0.6) is 11.5 Å². The predicted molar refractivity (Wildman–Crippen MR) is 103 cm³/mol. The maximum absolute atomic E-state index is 5.34. The highest BCUT2D eigenvalue weighted by Crippen LogP contribution is 2.31. The van der Waals surface area contributed by atoms with Gasteiger partial charge in [-0.05, 0) is 48.7 Å². The van der Waals surface area contributed by atoms with Crippen molar-refractivity contribution >= 4 is 39.1 Å². The third-order valence-corrected chi connectivity index (χ3v) is 4.68. The van der Waals surface area contributed by atoms with Gasteiger partial charge in [0.05, 0.1) is 24.4 Å². The molecule has 0 aliphatic carbocycles. The van der Waals surface area contributed by atoms with Crippen molar-refractivity contribution in [2.75, 3.05) is 19.5 Å². The Balaban J connectivity index is 0.00000208. The largest absolute Gasteiger partial charge is 0.493 e. The number of thiazole rings is 1. The third kappa shape index (κ3) is 3.74. The standard InChI is InChI=1S/C18H20N2O2S.ClH/c1-11-7-12(2)17-16(8-11)23-18(20-17)19-10-13-5-6-14(21-3)15(9-13)22-4;/h5-9H,10H2,1-4H3,(H,19,20);1H. The molecule has 0 atom stereocenters. The minimum absolute atomic E-state index is 0. The van der Waals surface area contributed by atoms with Gasteiger partial charge in [0.15, 0.2) is 16.6 Å². The summed E-state index contributed by atoms with van der Waals surface area (Å²) in [5.41, 5.74) is 4.69. The van der Waals surface area contributed by atoms with Gasteiger partial charge in [-0.25, -0.2) is 4.98 Å². The van der Waals surface area contributed by atoms with E-state index in [-0.39, 0.29) is 12.4 Å². The van der Waals surface area contributed by atoms with Crippen LogP contribution in [0, 0.1) is 13.8 Å². The highest BCUT2D eigenvalue weighted by Gasteiger charge is 2.08. The first-order chi connectivity index (χ1) is 11.1. The molecule has 24 heavy (non-hydrogen) atoms. The Morgan fingerprint density at radius 1 is 1.04 bits per heavy atom. The fourth-order valence-electron chi connectivity index (χ4n) is 2.61. The van der Waals surface area contributed by atoms with Crippen LogP contribution in [0.25, 0.3) is 10.2 Å². The number of hydrogen-bond donors (Lipinski definition) is 1. The summed E-state index contributed by atoms with van der Waals surface area (Å²) in [7, 11) is 3.29. The van der Waals surface area contributed by atoms with Gasteiger partial charge in [-0.1, -0.05) is 23.5 Å². The first-order valence-electron chi connectivity index (χ1n) is 7.43. The summed E-state index contributed by atoms with van der Waals surface area (Å²) in [4.78, 5) is 4.70. The Morgan fingerprint density at radius 2 is 1.79 bits per heavy atom. The number of halogens is 1. The van der Waals surface area contributed by atoms with Gasteiger partial charge < -0.3 is 14.8 Å². The molecule has 128 valence electrons. The lowest BCUT2D eigenvalue weighted by atomic mass is 10.1. The van der Waals surface area contributed by atoms with Crippen molar-refractivity contribution in [1.82, 2.24) is 4.98 Å². The molecular weight excluding hydrogens is 344 g/mol. The quantitative estimate of drug-likeness (QED) is 0.694. The van der Waals surface area contributed by atoms with E-state index in [1.54, 1.807) is 25.6 Å². The van der Waals surface area contributed by atoms with Crippen molar-refractivity contribution < 1.29 is 9.47 Å². The number of anilines is 1. The molecule has 4 nitrogen and oxygen atoms in total. The van der Waals surface area contributed by atoms with Crippen LogP contribution >= 0.6 is 23.7 Å². The highest BCUT2D eigenvalue weighted by atomic mass is 35.5. The number of methoxy groups -OCH3 is 2. The van der Waals surface area contributed by atoms with E-state index in [0.29, 0.717) is 6.54 Å². The molecule has 0 unspecified atom stereocenters. The van der Waals surface area contributed by atoms with E-state index >= 15 is 0 Å². The zero-order valence-corrected chi connectivity index (χ0v) is 15.8. The van der Waals surface area contributed by atoms with E-state index in [4.69, 9.17) is 14.5 Å². The van der Waals surface area contributed by atoms with Gasteiger partial charge in [-0.2, -0.15) is 0 Å². The average molecular weight is 365 g/mol. The Morgan fingerprint density at radius 3 is 2.50 bits per heavy atom. The van der Waals surface area contributed by atoms with Crippen LogP contribution in [0.15, 0.2) is 30.3 Å². The number of benzene rings is 2. The normalized spacial score (nSPS) is 10.3. The van der Waals surface area contributed by atoms with E-state index < -0.39 is 0 Å². The molecule has 0 fully saturated rings. The Kier molecular flexibility index (Phi) is 5.91. The summed E-state index contributed by atoms with van der Waals surface area (Å²) in [6.45, 7) is 4.91. The maximum Gasteiger partial charge on any atom is 0.184 e. The minimum Gasteiger partial charge on any atom is -0.493 e. The number of fused-ring (bicyclic) bond motifs is 1. The van der Waals surface area contributed by atoms with Crippen molar-refractivity contribution in [3.05, 3.63) is 47.0 Å². The lowest BCUT2D eigenvalue weighted by Crippen LogP contribution is -2.00. The number of rotatable bonds is 5. The zero-order valence-electron chi connectivity index (χ0n) is 14.2. The number of aryl methyl sites for hydroxylation is 2. The second-order valence-corrected chi connectivity index (χ2v) is 6.52. The second-order valence-electron chi connectivity index (χ2n) is 5.49. The van der Waals surface area contributed by atoms with Crippen LogP contribution in [-0.4, -0.2) is 19.2 Å². The fraction of sp³-hybridized carbons (Fsp3) is 0.278. The van der Waals surface area contributed by atoms with Crippen LogP contribution in [0.3, 0.4) is 0 Å². The molecular formula is C18H21ClN2O2S. The monoisotopic (exact) mass is 364 g/mol. The van der Waals surface area contributed by atoms with Gasteiger partial charge in [0.2, 0.25) is 0 Å². The van der Waals surface area contributed by atoms with Gasteiger partial charge in [-0.3, -0.25) is 0 Å². The summed E-state index contributed by atoms with van der Waals surface area (Å²) in [6.07, 6.45) is 0. The van der Waals surface area contributed by atoms with E-state index in [1.807, 2.05) is 18.2 Å². The molecule has 0 spiro atoms. The molecule has 0 saturated heterocycles. The maximum atomic E-state index is 5.34. The van der Waals surface area contributed by atoms with Crippen molar-refractivity contribution in [1.29, 1.82) is 0 Å². The van der Waals surface area contributed by atoms with E-state index in [0.717, 1.165) is 27.7 Å². The Bertz CT molecular complexity index is 848. The van der Waals surface area contributed by atoms with Crippen LogP contribution < -0.4 is 14.8 Å². The summed E-state index contributed by atoms with van der Waals surface area (Å²) >= 11 is 1.68. The highest BCUT2D eigenvalue weighted by molar-refractivity contribution is 7.22. The molecule has 0 radical (unpaired) electrons. The molecule has 1 aromatic heterocycles. The molecule has 3 rings (SSSR count). The summed E-state index contributed by atoms with van der Waals surface area (Å²) in [5.74, 6) is 1.48. The number of ether oxygens (including phenoxy) is 2.